The number of benzene rings is 2. The van der Waals surface area contributed by atoms with Gasteiger partial charge in [-0.25, -0.2) is 19.2 Å². The molecule has 2 aromatic rings. The maximum Gasteiger partial charge on any atom is 0.338 e. The molecule has 0 amide bonds. The molecule has 0 aromatic heterocycles. The topological polar surface area (TPSA) is 234 Å². The Labute approximate surface area is 596 Å². The first-order chi connectivity index (χ1) is 47.4. The van der Waals surface area contributed by atoms with E-state index in [1.165, 1.54) is 0 Å². The van der Waals surface area contributed by atoms with Crippen LogP contribution in [-0.4, -0.2) is 163 Å². The van der Waals surface area contributed by atoms with Crippen LogP contribution in [0.5, 0.6) is 34.5 Å². The molecule has 2 aliphatic rings. The lowest BCUT2D eigenvalue weighted by Gasteiger charge is -2.69. The van der Waals surface area contributed by atoms with Gasteiger partial charge in [0.15, 0.2) is 46.4 Å². The van der Waals surface area contributed by atoms with Crippen molar-refractivity contribution in [3.05, 3.63) is 108 Å². The Morgan fingerprint density at radius 2 is 0.630 bits per heavy atom. The molecule has 0 saturated heterocycles. The number of carbonyl (C=O) groups is 4. The molecule has 100 heavy (non-hydrogen) atoms. The second kappa shape index (κ2) is 39.8. The van der Waals surface area contributed by atoms with Crippen molar-refractivity contribution >= 4 is 23.9 Å². The van der Waals surface area contributed by atoms with Gasteiger partial charge in [-0.3, -0.25) is 0 Å². The summed E-state index contributed by atoms with van der Waals surface area (Å²) in [5.74, 6) is -8.53. The molecule has 0 N–H and O–H groups in total. The van der Waals surface area contributed by atoms with Crippen LogP contribution >= 0.6 is 0 Å². The van der Waals surface area contributed by atoms with E-state index in [9.17, 15) is 19.2 Å². The lowest BCUT2D eigenvalue weighted by atomic mass is 9.52. The third kappa shape index (κ3) is 17.8. The highest BCUT2D eigenvalue weighted by Crippen LogP contribution is 2.66. The Morgan fingerprint density at radius 3 is 0.870 bits per heavy atom. The van der Waals surface area contributed by atoms with Crippen molar-refractivity contribution in [2.24, 2.45) is 5.41 Å². The first kappa shape index (κ1) is 87.8. The van der Waals surface area contributed by atoms with Gasteiger partial charge in [0.1, 0.15) is 0 Å². The minimum atomic E-state index is -2.09. The molecule has 2 aromatic carbocycles. The van der Waals surface area contributed by atoms with E-state index in [0.29, 0.717) is 49.4 Å². The highest BCUT2D eigenvalue weighted by molar-refractivity contribution is 5.90. The monoisotopic (exact) mass is 1410 g/mol. The minimum absolute atomic E-state index is 0.0576. The Bertz CT molecular complexity index is 2880. The van der Waals surface area contributed by atoms with Gasteiger partial charge in [-0.1, -0.05) is 93.8 Å². The number of hydrogen-bond acceptors (Lipinski definition) is 22. The average Bonchev–Trinajstić information content (AvgIpc) is 0.656. The summed E-state index contributed by atoms with van der Waals surface area (Å²) in [5.41, 5.74) is -3.45. The van der Waals surface area contributed by atoms with Crippen LogP contribution in [0.3, 0.4) is 0 Å². The standard InChI is InChI=1S/C43H72O14.C35H48O8/c1-17-46-38(29-27-33(56-35(44)31(11)12)40(48-19-3,49-20-4)42(38,52-23-7)53-24-8)37(15,16)39(47-18-2)30-28-34(57-36(45)32(13)14)41(50-21-5,51-22-6)43(39,54-25-9)55-26-10;1-11-19-38-29-25(15-17-27(31(29)40-21-13-3)42-33(36)23(5)6)35(9,10)26-16-18-28(43-34(37)24(7)8)32(41-22-14-4)30(26)39-20-12-2/h27-30,33-34H,11,13,17-26H2,1-10,12,14-16H3;15-18H,5,7,11-14,19-22H2,1-4,6,8-10H3. The zero-order valence-electron chi connectivity index (χ0n) is 64.3. The zero-order valence-corrected chi connectivity index (χ0v) is 64.3. The lowest BCUT2D eigenvalue weighted by molar-refractivity contribution is -0.505. The van der Waals surface area contributed by atoms with E-state index < -0.39 is 81.3 Å². The van der Waals surface area contributed by atoms with Crippen molar-refractivity contribution in [3.8, 4) is 34.5 Å². The summed E-state index contributed by atoms with van der Waals surface area (Å²) < 4.78 is 117. The summed E-state index contributed by atoms with van der Waals surface area (Å²) >= 11 is 0. The number of rotatable bonds is 44. The van der Waals surface area contributed by atoms with Crippen molar-refractivity contribution in [2.45, 2.75) is 230 Å². The van der Waals surface area contributed by atoms with Crippen LogP contribution in [0.25, 0.3) is 0 Å². The van der Waals surface area contributed by atoms with Gasteiger partial charge in [0, 0.05) is 110 Å². The molecule has 4 atom stereocenters. The van der Waals surface area contributed by atoms with Gasteiger partial charge in [-0.2, -0.15) is 0 Å². The fourth-order valence-electron chi connectivity index (χ4n) is 12.6. The second-order valence-corrected chi connectivity index (χ2v) is 24.8. The molecule has 4 rings (SSSR count). The van der Waals surface area contributed by atoms with Gasteiger partial charge in [0.2, 0.25) is 11.5 Å². The molecule has 0 fully saturated rings. The van der Waals surface area contributed by atoms with Gasteiger partial charge < -0.3 is 85.3 Å². The zero-order chi connectivity index (χ0) is 75.5. The number of carbonyl (C=O) groups excluding carboxylic acids is 4. The van der Waals surface area contributed by atoms with E-state index in [0.717, 1.165) is 36.8 Å². The Balaban J connectivity index is 0.000000541. The summed E-state index contributed by atoms with van der Waals surface area (Å²) in [6.07, 6.45) is 7.33. The van der Waals surface area contributed by atoms with Gasteiger partial charge in [-0.15, -0.1) is 0 Å². The predicted molar refractivity (Wildman–Crippen MR) is 383 cm³/mol. The molecule has 22 heteroatoms. The summed E-state index contributed by atoms with van der Waals surface area (Å²) in [5, 5.41) is 0. The van der Waals surface area contributed by atoms with Crippen LogP contribution in [-0.2, 0) is 81.4 Å². The Hall–Kier alpha value is -6.44. The van der Waals surface area contributed by atoms with Crippen LogP contribution in [0.2, 0.25) is 0 Å². The van der Waals surface area contributed by atoms with Crippen LogP contribution in [0.15, 0.2) is 97.2 Å². The molecule has 0 saturated carbocycles. The Morgan fingerprint density at radius 1 is 0.370 bits per heavy atom. The highest BCUT2D eigenvalue weighted by atomic mass is 16.8. The van der Waals surface area contributed by atoms with E-state index in [1.807, 2.05) is 81.4 Å². The van der Waals surface area contributed by atoms with Crippen molar-refractivity contribution in [3.63, 3.8) is 0 Å². The van der Waals surface area contributed by atoms with Crippen molar-refractivity contribution in [2.75, 3.05) is 92.5 Å². The molecule has 564 valence electrons. The first-order valence-corrected chi connectivity index (χ1v) is 35.5. The molecule has 0 bridgehead atoms. The molecular weight excluding hydrogens is 1290 g/mol. The predicted octanol–water partition coefficient (Wildman–Crippen LogP) is 14.9. The molecule has 0 radical (unpaired) electrons. The summed E-state index contributed by atoms with van der Waals surface area (Å²) in [7, 11) is 0. The van der Waals surface area contributed by atoms with E-state index in [-0.39, 0.29) is 99.9 Å². The fourth-order valence-corrected chi connectivity index (χ4v) is 12.6. The molecule has 0 heterocycles. The van der Waals surface area contributed by atoms with Gasteiger partial charge in [-0.05, 0) is 159 Å². The molecule has 0 spiro atoms. The van der Waals surface area contributed by atoms with Gasteiger partial charge in [0.25, 0.3) is 23.1 Å². The maximum atomic E-state index is 13.4. The molecule has 22 nitrogen and oxygen atoms in total. The molecular formula is C78H120O22. The minimum Gasteiger partial charge on any atom is -0.489 e. The fraction of sp³-hybridized carbons (Fsp3) is 0.641. The summed E-state index contributed by atoms with van der Waals surface area (Å²) in [6, 6.07) is 7.17. The van der Waals surface area contributed by atoms with Gasteiger partial charge in [0.05, 0.1) is 26.4 Å². The average molecular weight is 1410 g/mol. The first-order valence-electron chi connectivity index (χ1n) is 35.5. The van der Waals surface area contributed by atoms with E-state index in [2.05, 4.69) is 26.3 Å². The normalized spacial score (nSPS) is 19.5. The second-order valence-electron chi connectivity index (χ2n) is 24.8. The maximum absolute atomic E-state index is 13.4. The lowest BCUT2D eigenvalue weighted by Crippen LogP contribution is -2.88. The van der Waals surface area contributed by atoms with Crippen LogP contribution in [0.4, 0.5) is 0 Å². The van der Waals surface area contributed by atoms with Crippen LogP contribution in [0.1, 0.15) is 189 Å². The van der Waals surface area contributed by atoms with E-state index in [4.69, 9.17) is 85.3 Å². The number of hydrogen-bond donors (Lipinski definition) is 0. The highest BCUT2D eigenvalue weighted by Gasteiger charge is 2.86. The summed E-state index contributed by atoms with van der Waals surface area (Å²) in [4.78, 5) is 51.7. The van der Waals surface area contributed by atoms with Crippen molar-refractivity contribution in [1.29, 1.82) is 0 Å². The van der Waals surface area contributed by atoms with Crippen molar-refractivity contribution < 1.29 is 104 Å². The smallest absolute Gasteiger partial charge is 0.338 e. The molecule has 2 aliphatic carbocycles. The van der Waals surface area contributed by atoms with Gasteiger partial charge >= 0.3 is 23.9 Å². The SMILES string of the molecule is C=C(C)C(=O)OC1C=CC(OCC)(C(C)(C)C2(OCC)C=CC(OC(=O)C(=C)C)C(OCC)(OCC)C2(OCC)OCC)C(OCC)(OCC)C1(OCC)OCC.C=C(C)C(=O)Oc1ccc(C(C)(C)c2ccc(OC(=O)C(=C)C)c(OCCC)c2OCCC)c(OCCC)c1OCCC. The molecule has 4 unspecified atom stereocenters. The molecule has 0 aliphatic heterocycles. The van der Waals surface area contributed by atoms with Crippen molar-refractivity contribution in [1.82, 2.24) is 0 Å². The third-order valence-corrected chi connectivity index (χ3v) is 16.7. The largest absolute Gasteiger partial charge is 0.489 e. The van der Waals surface area contributed by atoms with Crippen LogP contribution < -0.4 is 28.4 Å². The number of esters is 4. The summed E-state index contributed by atoms with van der Waals surface area (Å²) in [6.45, 7) is 57.6. The van der Waals surface area contributed by atoms with Crippen LogP contribution in [0, 0.1) is 5.41 Å². The Kier molecular flexibility index (Phi) is 35.0. The quantitative estimate of drug-likeness (QED) is 0.0197. The van der Waals surface area contributed by atoms with E-state index >= 15 is 0 Å². The number of ether oxygens (including phenoxy) is 18. The van der Waals surface area contributed by atoms with E-state index in [1.54, 1.807) is 120 Å². The third-order valence-electron chi connectivity index (χ3n) is 16.7.